The third-order valence-electron chi connectivity index (χ3n) is 3.23. The van der Waals surface area contributed by atoms with Crippen molar-refractivity contribution >= 4 is 18.2 Å². The molecule has 1 aromatic carbocycles. The minimum Gasteiger partial charge on any atom is -1.00 e. The normalized spacial score (nSPS) is 12.9. The van der Waals surface area contributed by atoms with Crippen molar-refractivity contribution in [1.82, 2.24) is 5.43 Å². The second-order valence-corrected chi connectivity index (χ2v) is 5.00. The van der Waals surface area contributed by atoms with E-state index in [-0.39, 0.29) is 18.3 Å². The summed E-state index contributed by atoms with van der Waals surface area (Å²) in [7, 11) is 0. The predicted octanol–water partition coefficient (Wildman–Crippen LogP) is -1.63. The lowest BCUT2D eigenvalue weighted by atomic mass is 10.1. The average molecular weight is 324 g/mol. The first-order valence-electron chi connectivity index (χ1n) is 7.33. The molecule has 0 radical (unpaired) electrons. The summed E-state index contributed by atoms with van der Waals surface area (Å²) in [4.78, 5) is 11.6. The van der Waals surface area contributed by atoms with E-state index in [4.69, 9.17) is 4.74 Å². The summed E-state index contributed by atoms with van der Waals surface area (Å²) in [5.74, 6) is 0.831. The predicted molar refractivity (Wildman–Crippen MR) is 82.8 cm³/mol. The smallest absolute Gasteiger partial charge is 0.240 e. The first-order chi connectivity index (χ1) is 10.3. The molecule has 5 nitrogen and oxygen atoms in total. The Labute approximate surface area is 137 Å². The molecule has 2 rings (SSSR count). The number of nitrogens with one attached hydrogen (secondary N) is 1. The van der Waals surface area contributed by atoms with Crippen molar-refractivity contribution in [2.45, 2.75) is 25.7 Å². The van der Waals surface area contributed by atoms with Crippen LogP contribution in [0.2, 0.25) is 0 Å². The van der Waals surface area contributed by atoms with Gasteiger partial charge in [0.15, 0.2) is 0 Å². The van der Waals surface area contributed by atoms with Crippen LogP contribution in [-0.2, 0) is 4.79 Å². The molecule has 0 bridgehead atoms. The van der Waals surface area contributed by atoms with Gasteiger partial charge in [0.25, 0.3) is 0 Å². The maximum absolute atomic E-state index is 11.6. The standard InChI is InChI=1S/C16H21N3O2.ClH/c17-9-5-1-2-8-16(20)19-18-11-13-10-14-6-3-4-7-15(14)21-12-13;/h3-4,6-7,10-11H,1-2,5,8-9,12,17H2,(H,19,20);1H. The largest absolute Gasteiger partial charge is 1.00 e. The molecule has 1 aliphatic rings. The summed E-state index contributed by atoms with van der Waals surface area (Å²) in [6, 6.07) is 7.84. The Morgan fingerprint density at radius 2 is 2.14 bits per heavy atom. The number of amides is 1. The van der Waals surface area contributed by atoms with E-state index in [0.29, 0.717) is 13.0 Å². The van der Waals surface area contributed by atoms with Crippen molar-refractivity contribution in [3.8, 4) is 5.75 Å². The monoisotopic (exact) mass is 323 g/mol. The Kier molecular flexibility index (Phi) is 8.25. The Balaban J connectivity index is 0.00000242. The van der Waals surface area contributed by atoms with Crippen LogP contribution in [0.25, 0.3) is 6.08 Å². The van der Waals surface area contributed by atoms with Crippen molar-refractivity contribution in [2.24, 2.45) is 5.10 Å². The number of carbonyl (C=O) groups excluding carboxylic acids is 1. The molecule has 0 aromatic heterocycles. The maximum atomic E-state index is 11.6. The number of ether oxygens (including phenoxy) is 1. The fourth-order valence-corrected chi connectivity index (χ4v) is 2.09. The van der Waals surface area contributed by atoms with Crippen molar-refractivity contribution in [3.63, 3.8) is 0 Å². The summed E-state index contributed by atoms with van der Waals surface area (Å²) in [6.07, 6.45) is 7.16. The minimum atomic E-state index is -0.0481. The number of rotatable bonds is 7. The van der Waals surface area contributed by atoms with Crippen molar-refractivity contribution in [3.05, 3.63) is 35.4 Å². The highest BCUT2D eigenvalue weighted by Gasteiger charge is 2.08. The molecule has 22 heavy (non-hydrogen) atoms. The minimum absolute atomic E-state index is 0. The van der Waals surface area contributed by atoms with Crippen LogP contribution in [-0.4, -0.2) is 25.3 Å². The molecule has 0 fully saturated rings. The van der Waals surface area contributed by atoms with Crippen LogP contribution in [0.4, 0.5) is 0 Å². The van der Waals surface area contributed by atoms with Gasteiger partial charge in [-0.1, -0.05) is 18.2 Å². The molecule has 0 aliphatic carbocycles. The van der Waals surface area contributed by atoms with Crippen LogP contribution in [0, 0.1) is 0 Å². The van der Waals surface area contributed by atoms with E-state index in [9.17, 15) is 4.79 Å². The van der Waals surface area contributed by atoms with E-state index in [2.05, 4.69) is 16.3 Å². The van der Waals surface area contributed by atoms with Gasteiger partial charge < -0.3 is 22.9 Å². The Bertz CT molecular complexity index is 544. The first kappa shape index (κ1) is 18.2. The second kappa shape index (κ2) is 9.97. The number of para-hydroxylation sites is 1. The lowest BCUT2D eigenvalue weighted by molar-refractivity contribution is -0.368. The second-order valence-electron chi connectivity index (χ2n) is 5.00. The number of carbonyl (C=O) groups is 1. The molecule has 0 saturated heterocycles. The molecule has 6 heteroatoms. The number of hydrazone groups is 1. The SMILES string of the molecule is [Cl-].[NH3+]CCCCCC(=O)NN=CC1=Cc2ccccc2OC1. The number of halogens is 1. The topological polar surface area (TPSA) is 78.3 Å². The van der Waals surface area contributed by atoms with Gasteiger partial charge in [0.05, 0.1) is 12.8 Å². The zero-order valence-corrected chi connectivity index (χ0v) is 13.3. The molecular weight excluding hydrogens is 302 g/mol. The highest BCUT2D eigenvalue weighted by Crippen LogP contribution is 2.24. The molecule has 0 atom stereocenters. The Morgan fingerprint density at radius 3 is 2.95 bits per heavy atom. The molecule has 1 aliphatic heterocycles. The van der Waals surface area contributed by atoms with Crippen LogP contribution in [0.5, 0.6) is 5.75 Å². The van der Waals surface area contributed by atoms with Crippen molar-refractivity contribution in [1.29, 1.82) is 0 Å². The number of benzene rings is 1. The van der Waals surface area contributed by atoms with E-state index in [1.807, 2.05) is 30.3 Å². The van der Waals surface area contributed by atoms with Gasteiger partial charge in [-0.2, -0.15) is 5.10 Å². The average Bonchev–Trinajstić information content (AvgIpc) is 2.51. The number of fused-ring (bicyclic) bond motifs is 1. The molecule has 0 saturated carbocycles. The summed E-state index contributed by atoms with van der Waals surface area (Å²) >= 11 is 0. The molecule has 1 amide bonds. The third-order valence-corrected chi connectivity index (χ3v) is 3.23. The van der Waals surface area contributed by atoms with E-state index in [0.717, 1.165) is 42.7 Å². The third kappa shape index (κ3) is 5.87. The zero-order chi connectivity index (χ0) is 14.9. The molecule has 0 unspecified atom stereocenters. The zero-order valence-electron chi connectivity index (χ0n) is 12.6. The van der Waals surface area contributed by atoms with Gasteiger partial charge >= 0.3 is 0 Å². The van der Waals surface area contributed by atoms with E-state index >= 15 is 0 Å². The fourth-order valence-electron chi connectivity index (χ4n) is 2.09. The van der Waals surface area contributed by atoms with E-state index in [1.54, 1.807) is 6.21 Å². The quantitative estimate of drug-likeness (QED) is 0.359. The number of quaternary nitrogens is 1. The van der Waals surface area contributed by atoms with Crippen LogP contribution in [0.3, 0.4) is 0 Å². The maximum Gasteiger partial charge on any atom is 0.240 e. The summed E-state index contributed by atoms with van der Waals surface area (Å²) in [5.41, 5.74) is 8.30. The van der Waals surface area contributed by atoms with E-state index < -0.39 is 0 Å². The van der Waals surface area contributed by atoms with Crippen LogP contribution >= 0.6 is 0 Å². The highest BCUT2D eigenvalue weighted by molar-refractivity contribution is 5.88. The van der Waals surface area contributed by atoms with Crippen LogP contribution in [0.1, 0.15) is 31.2 Å². The molecular formula is C16H22ClN3O2. The summed E-state index contributed by atoms with van der Waals surface area (Å²) in [6.45, 7) is 1.40. The first-order valence-corrected chi connectivity index (χ1v) is 7.33. The lowest BCUT2D eigenvalue weighted by Gasteiger charge is -2.15. The fraction of sp³-hybridized carbons (Fsp3) is 0.375. The van der Waals surface area contributed by atoms with Gasteiger partial charge in [-0.3, -0.25) is 4.79 Å². The molecule has 0 spiro atoms. The molecule has 1 heterocycles. The van der Waals surface area contributed by atoms with Gasteiger partial charge in [-0.05, 0) is 31.4 Å². The number of hydrogen-bond donors (Lipinski definition) is 2. The van der Waals surface area contributed by atoms with E-state index in [1.165, 1.54) is 0 Å². The number of unbranched alkanes of at least 4 members (excludes halogenated alkanes) is 2. The lowest BCUT2D eigenvalue weighted by Crippen LogP contribution is -3.00. The van der Waals surface area contributed by atoms with Gasteiger partial charge in [-0.25, -0.2) is 5.43 Å². The van der Waals surface area contributed by atoms with Gasteiger partial charge in [0, 0.05) is 17.6 Å². The van der Waals surface area contributed by atoms with Crippen molar-refractivity contribution < 1.29 is 27.7 Å². The number of nitrogens with zero attached hydrogens (tertiary/aromatic N) is 1. The molecule has 1 aromatic rings. The summed E-state index contributed by atoms with van der Waals surface area (Å²) < 4.78 is 5.61. The van der Waals surface area contributed by atoms with Crippen LogP contribution in [0.15, 0.2) is 34.9 Å². The van der Waals surface area contributed by atoms with Gasteiger partial charge in [0.2, 0.25) is 5.91 Å². The Morgan fingerprint density at radius 1 is 1.32 bits per heavy atom. The highest BCUT2D eigenvalue weighted by atomic mass is 35.5. The van der Waals surface area contributed by atoms with Crippen LogP contribution < -0.4 is 28.3 Å². The number of hydrogen-bond acceptors (Lipinski definition) is 3. The Hall–Kier alpha value is -1.85. The molecule has 4 N–H and O–H groups in total. The van der Waals surface area contributed by atoms with Gasteiger partial charge in [-0.15, -0.1) is 0 Å². The van der Waals surface area contributed by atoms with Gasteiger partial charge in [0.1, 0.15) is 12.4 Å². The summed E-state index contributed by atoms with van der Waals surface area (Å²) in [5, 5.41) is 3.98. The molecule has 120 valence electrons. The van der Waals surface area contributed by atoms with Crippen molar-refractivity contribution in [2.75, 3.05) is 13.2 Å².